The predicted octanol–water partition coefficient (Wildman–Crippen LogP) is 1.93. The zero-order chi connectivity index (χ0) is 16.0. The number of carboxylic acids is 1. The maximum absolute atomic E-state index is 12.6. The first-order valence-corrected chi connectivity index (χ1v) is 7.12. The molecular weight excluding hydrogens is 270 g/mol. The van der Waals surface area contributed by atoms with Crippen LogP contribution in [0.25, 0.3) is 0 Å². The smallest absolute Gasteiger partial charge is 0.308 e. The zero-order valence-electron chi connectivity index (χ0n) is 12.7. The second-order valence-electron chi connectivity index (χ2n) is 5.31. The molecule has 1 aromatic rings. The monoisotopic (exact) mass is 293 g/mol. The summed E-state index contributed by atoms with van der Waals surface area (Å²) in [6, 6.07) is 6.75. The van der Waals surface area contributed by atoms with Gasteiger partial charge in [0.1, 0.15) is 0 Å². The fourth-order valence-electron chi connectivity index (χ4n) is 2.08. The summed E-state index contributed by atoms with van der Waals surface area (Å²) in [4.78, 5) is 25.1. The van der Waals surface area contributed by atoms with Crippen molar-refractivity contribution in [3.63, 3.8) is 0 Å². The molecule has 0 fully saturated rings. The highest BCUT2D eigenvalue weighted by Crippen LogP contribution is 2.14. The first-order valence-electron chi connectivity index (χ1n) is 7.12. The van der Waals surface area contributed by atoms with E-state index >= 15 is 0 Å². The minimum absolute atomic E-state index is 0.0844. The molecule has 5 nitrogen and oxygen atoms in total. The fraction of sp³-hybridized carbons (Fsp3) is 0.500. The Bertz CT molecular complexity index is 480. The second-order valence-corrected chi connectivity index (χ2v) is 5.31. The van der Waals surface area contributed by atoms with Gasteiger partial charge < -0.3 is 15.1 Å². The molecular formula is C16H23NO4. The lowest BCUT2D eigenvalue weighted by Gasteiger charge is -2.31. The van der Waals surface area contributed by atoms with Gasteiger partial charge in [-0.05, 0) is 25.5 Å². The zero-order valence-corrected chi connectivity index (χ0v) is 12.7. The van der Waals surface area contributed by atoms with Crippen LogP contribution >= 0.6 is 0 Å². The average Bonchev–Trinajstić information content (AvgIpc) is 2.47. The van der Waals surface area contributed by atoms with Crippen molar-refractivity contribution in [1.29, 1.82) is 0 Å². The molecule has 0 heterocycles. The molecule has 0 spiro atoms. The van der Waals surface area contributed by atoms with Gasteiger partial charge in [-0.1, -0.05) is 31.5 Å². The van der Waals surface area contributed by atoms with E-state index in [1.54, 1.807) is 19.1 Å². The van der Waals surface area contributed by atoms with Crippen molar-refractivity contribution in [3.8, 4) is 0 Å². The van der Waals surface area contributed by atoms with Crippen LogP contribution in [0, 0.1) is 12.8 Å². The first kappa shape index (κ1) is 17.2. The summed E-state index contributed by atoms with van der Waals surface area (Å²) in [5, 5.41) is 18.5. The van der Waals surface area contributed by atoms with Gasteiger partial charge in [-0.3, -0.25) is 9.59 Å². The first-order chi connectivity index (χ1) is 9.90. The van der Waals surface area contributed by atoms with E-state index in [1.165, 1.54) is 4.90 Å². The average molecular weight is 293 g/mol. The van der Waals surface area contributed by atoms with E-state index in [4.69, 9.17) is 5.11 Å². The third kappa shape index (κ3) is 4.56. The molecule has 0 saturated heterocycles. The maximum atomic E-state index is 12.6. The van der Waals surface area contributed by atoms with Gasteiger partial charge in [0.25, 0.3) is 5.91 Å². The highest BCUT2D eigenvalue weighted by Gasteiger charge is 2.26. The molecule has 0 aliphatic carbocycles. The third-order valence-electron chi connectivity index (χ3n) is 3.57. The lowest BCUT2D eigenvalue weighted by atomic mass is 10.1. The van der Waals surface area contributed by atoms with Crippen molar-refractivity contribution in [2.75, 3.05) is 13.2 Å². The van der Waals surface area contributed by atoms with Gasteiger partial charge >= 0.3 is 5.97 Å². The van der Waals surface area contributed by atoms with E-state index < -0.39 is 11.9 Å². The summed E-state index contributed by atoms with van der Waals surface area (Å²) < 4.78 is 0. The molecule has 0 aliphatic heterocycles. The van der Waals surface area contributed by atoms with Crippen LogP contribution in [0.2, 0.25) is 0 Å². The molecule has 1 rings (SSSR count). The Morgan fingerprint density at radius 3 is 2.24 bits per heavy atom. The van der Waals surface area contributed by atoms with Gasteiger partial charge in [-0.25, -0.2) is 0 Å². The van der Waals surface area contributed by atoms with Gasteiger partial charge in [0, 0.05) is 12.1 Å². The Morgan fingerprint density at radius 2 is 1.81 bits per heavy atom. The van der Waals surface area contributed by atoms with Crippen molar-refractivity contribution in [1.82, 2.24) is 4.90 Å². The Hall–Kier alpha value is -1.88. The molecule has 5 heteroatoms. The number of rotatable bonds is 7. The van der Waals surface area contributed by atoms with Crippen LogP contribution in [0.4, 0.5) is 0 Å². The van der Waals surface area contributed by atoms with Gasteiger partial charge in [-0.15, -0.1) is 0 Å². The Balaban J connectivity index is 3.01. The number of carboxylic acid groups (broad SMARTS) is 1. The van der Waals surface area contributed by atoms with Crippen molar-refractivity contribution in [2.45, 2.75) is 33.2 Å². The number of nitrogens with zero attached hydrogens (tertiary/aromatic N) is 1. The summed E-state index contributed by atoms with van der Waals surface area (Å²) in [5.74, 6) is -1.88. The Kier molecular flexibility index (Phi) is 6.37. The molecule has 116 valence electrons. The topological polar surface area (TPSA) is 77.8 Å². The van der Waals surface area contributed by atoms with Crippen molar-refractivity contribution >= 4 is 11.9 Å². The van der Waals surface area contributed by atoms with E-state index in [9.17, 15) is 14.7 Å². The third-order valence-corrected chi connectivity index (χ3v) is 3.57. The molecule has 0 bridgehead atoms. The molecule has 21 heavy (non-hydrogen) atoms. The number of hydrogen-bond donors (Lipinski definition) is 2. The van der Waals surface area contributed by atoms with Crippen LogP contribution < -0.4 is 0 Å². The second kappa shape index (κ2) is 7.78. The van der Waals surface area contributed by atoms with E-state index in [1.807, 2.05) is 26.0 Å². The molecule has 0 aromatic heterocycles. The van der Waals surface area contributed by atoms with Crippen molar-refractivity contribution < 1.29 is 19.8 Å². The van der Waals surface area contributed by atoms with Crippen LogP contribution in [0.3, 0.4) is 0 Å². The van der Waals surface area contributed by atoms with Gasteiger partial charge in [0.15, 0.2) is 0 Å². The number of benzene rings is 1. The summed E-state index contributed by atoms with van der Waals surface area (Å²) in [7, 11) is 0. The Morgan fingerprint density at radius 1 is 1.24 bits per heavy atom. The molecule has 1 amide bonds. The van der Waals surface area contributed by atoms with Gasteiger partial charge in [-0.2, -0.15) is 0 Å². The molecule has 2 atom stereocenters. The molecule has 0 radical (unpaired) electrons. The highest BCUT2D eigenvalue weighted by molar-refractivity contribution is 5.94. The molecule has 0 aliphatic rings. The maximum Gasteiger partial charge on any atom is 0.308 e. The van der Waals surface area contributed by atoms with E-state index in [-0.39, 0.29) is 25.1 Å². The minimum Gasteiger partial charge on any atom is -0.481 e. The molecule has 0 saturated carbocycles. The normalized spacial score (nSPS) is 13.5. The number of aliphatic hydroxyl groups excluding tert-OH is 1. The summed E-state index contributed by atoms with van der Waals surface area (Å²) in [6.07, 6.45) is 0.570. The SMILES string of the molecule is CCC(CO)N(CC(C)C(=O)O)C(=O)c1ccc(C)cc1. The largest absolute Gasteiger partial charge is 0.481 e. The number of aryl methyl sites for hydroxylation is 1. The van der Waals surface area contributed by atoms with Crippen LogP contribution in [0.1, 0.15) is 36.2 Å². The summed E-state index contributed by atoms with van der Waals surface area (Å²) in [6.45, 7) is 5.26. The standard InChI is InChI=1S/C16H23NO4/c1-4-14(10-18)17(9-12(3)16(20)21)15(19)13-7-5-11(2)6-8-13/h5-8,12,14,18H,4,9-10H2,1-3H3,(H,20,21). The quantitative estimate of drug-likeness (QED) is 0.805. The van der Waals surface area contributed by atoms with Crippen LogP contribution in [-0.2, 0) is 4.79 Å². The molecule has 2 N–H and O–H groups in total. The molecule has 1 aromatic carbocycles. The number of carbonyl (C=O) groups excluding carboxylic acids is 1. The van der Waals surface area contributed by atoms with Crippen LogP contribution in [0.5, 0.6) is 0 Å². The predicted molar refractivity (Wildman–Crippen MR) is 80.2 cm³/mol. The van der Waals surface area contributed by atoms with Crippen LogP contribution in [0.15, 0.2) is 24.3 Å². The summed E-state index contributed by atoms with van der Waals surface area (Å²) >= 11 is 0. The number of aliphatic carboxylic acids is 1. The number of hydrogen-bond acceptors (Lipinski definition) is 3. The molecule has 2 unspecified atom stereocenters. The minimum atomic E-state index is -0.954. The van der Waals surface area contributed by atoms with Crippen molar-refractivity contribution in [2.24, 2.45) is 5.92 Å². The lowest BCUT2D eigenvalue weighted by Crippen LogP contribution is -2.45. The van der Waals surface area contributed by atoms with Gasteiger partial charge in [0.05, 0.1) is 18.6 Å². The van der Waals surface area contributed by atoms with Gasteiger partial charge in [0.2, 0.25) is 0 Å². The van der Waals surface area contributed by atoms with E-state index in [0.29, 0.717) is 12.0 Å². The van der Waals surface area contributed by atoms with Crippen molar-refractivity contribution in [3.05, 3.63) is 35.4 Å². The Labute approximate surface area is 125 Å². The number of carbonyl (C=O) groups is 2. The van der Waals surface area contributed by atoms with E-state index in [0.717, 1.165) is 5.56 Å². The van der Waals surface area contributed by atoms with Crippen LogP contribution in [-0.4, -0.2) is 46.2 Å². The lowest BCUT2D eigenvalue weighted by molar-refractivity contribution is -0.141. The fourth-order valence-corrected chi connectivity index (χ4v) is 2.08. The number of aliphatic hydroxyl groups is 1. The highest BCUT2D eigenvalue weighted by atomic mass is 16.4. The summed E-state index contributed by atoms with van der Waals surface area (Å²) in [5.41, 5.74) is 1.55. The number of amides is 1. The van der Waals surface area contributed by atoms with E-state index in [2.05, 4.69) is 0 Å².